The number of carbonyl (C=O) groups excluding carboxylic acids is 1. The number of aryl methyl sites for hydroxylation is 3. The first-order valence-electron chi connectivity index (χ1n) is 11.2. The van der Waals surface area contributed by atoms with E-state index in [0.29, 0.717) is 21.7 Å². The van der Waals surface area contributed by atoms with Crippen molar-refractivity contribution in [3.8, 4) is 11.4 Å². The summed E-state index contributed by atoms with van der Waals surface area (Å²) in [5.41, 5.74) is 5.73. The molecule has 4 aromatic rings. The summed E-state index contributed by atoms with van der Waals surface area (Å²) >= 11 is 7.50. The van der Waals surface area contributed by atoms with Gasteiger partial charge in [-0.15, -0.1) is 10.2 Å². The lowest BCUT2D eigenvalue weighted by molar-refractivity contribution is -0.113. The summed E-state index contributed by atoms with van der Waals surface area (Å²) < 4.78 is 8.10. The van der Waals surface area contributed by atoms with Crippen LogP contribution in [0.1, 0.15) is 28.1 Å². The molecule has 8 heteroatoms. The molecule has 35 heavy (non-hydrogen) atoms. The van der Waals surface area contributed by atoms with Gasteiger partial charge in [0.25, 0.3) is 0 Å². The lowest BCUT2D eigenvalue weighted by Gasteiger charge is -2.14. The SMILES string of the molecule is Cc1ccc(-n2c(COc3c(C)cccc3C)nnc2SCC(=O)Nc2cccc(Cl)c2C)cc1. The number of rotatable bonds is 8. The van der Waals surface area contributed by atoms with Crippen molar-refractivity contribution >= 4 is 35.0 Å². The van der Waals surface area contributed by atoms with Crippen LogP contribution in [-0.4, -0.2) is 26.4 Å². The van der Waals surface area contributed by atoms with Gasteiger partial charge in [0, 0.05) is 16.4 Å². The molecule has 4 rings (SSSR count). The molecule has 0 unspecified atom stereocenters. The van der Waals surface area contributed by atoms with E-state index in [1.54, 1.807) is 6.07 Å². The molecule has 6 nitrogen and oxygen atoms in total. The van der Waals surface area contributed by atoms with E-state index in [4.69, 9.17) is 16.3 Å². The van der Waals surface area contributed by atoms with Gasteiger partial charge < -0.3 is 10.1 Å². The first-order valence-corrected chi connectivity index (χ1v) is 12.6. The van der Waals surface area contributed by atoms with Crippen LogP contribution < -0.4 is 10.1 Å². The number of ether oxygens (including phenoxy) is 1. The third kappa shape index (κ3) is 5.86. The number of benzene rings is 3. The Morgan fingerprint density at radius 2 is 1.66 bits per heavy atom. The Hall–Kier alpha value is -3.29. The van der Waals surface area contributed by atoms with Gasteiger partial charge in [-0.2, -0.15) is 0 Å². The molecule has 0 aliphatic carbocycles. The van der Waals surface area contributed by atoms with Crippen LogP contribution in [0, 0.1) is 27.7 Å². The first kappa shape index (κ1) is 24.8. The number of thioether (sulfide) groups is 1. The Labute approximate surface area is 214 Å². The van der Waals surface area contributed by atoms with Gasteiger partial charge in [0.15, 0.2) is 11.0 Å². The predicted molar refractivity (Wildman–Crippen MR) is 142 cm³/mol. The summed E-state index contributed by atoms with van der Waals surface area (Å²) in [7, 11) is 0. The molecule has 0 atom stereocenters. The zero-order valence-electron chi connectivity index (χ0n) is 20.1. The smallest absolute Gasteiger partial charge is 0.234 e. The van der Waals surface area contributed by atoms with Gasteiger partial charge in [-0.05, 0) is 68.7 Å². The van der Waals surface area contributed by atoms with Crippen molar-refractivity contribution in [1.82, 2.24) is 14.8 Å². The molecule has 0 saturated heterocycles. The number of amides is 1. The number of nitrogens with zero attached hydrogens (tertiary/aromatic N) is 3. The van der Waals surface area contributed by atoms with Crippen LogP contribution in [0.25, 0.3) is 5.69 Å². The molecule has 0 radical (unpaired) electrons. The lowest BCUT2D eigenvalue weighted by atomic mass is 10.1. The number of hydrogen-bond donors (Lipinski definition) is 1. The quantitative estimate of drug-likeness (QED) is 0.277. The van der Waals surface area contributed by atoms with Crippen LogP contribution in [-0.2, 0) is 11.4 Å². The molecule has 1 aromatic heterocycles. The second-order valence-corrected chi connectivity index (χ2v) is 9.68. The van der Waals surface area contributed by atoms with E-state index in [9.17, 15) is 4.79 Å². The van der Waals surface area contributed by atoms with E-state index < -0.39 is 0 Å². The zero-order valence-corrected chi connectivity index (χ0v) is 21.7. The summed E-state index contributed by atoms with van der Waals surface area (Å²) in [6.07, 6.45) is 0. The van der Waals surface area contributed by atoms with Gasteiger partial charge in [0.05, 0.1) is 5.75 Å². The Morgan fingerprint density at radius 1 is 0.971 bits per heavy atom. The Kier molecular flexibility index (Phi) is 7.78. The van der Waals surface area contributed by atoms with Crippen LogP contribution in [0.3, 0.4) is 0 Å². The van der Waals surface area contributed by atoms with Gasteiger partial charge in [-0.1, -0.05) is 65.3 Å². The van der Waals surface area contributed by atoms with Crippen molar-refractivity contribution in [3.63, 3.8) is 0 Å². The summed E-state index contributed by atoms with van der Waals surface area (Å²) in [5, 5.41) is 12.9. The Morgan fingerprint density at radius 3 is 2.37 bits per heavy atom. The van der Waals surface area contributed by atoms with Crippen LogP contribution in [0.2, 0.25) is 5.02 Å². The minimum absolute atomic E-state index is 0.146. The number of aromatic nitrogens is 3. The summed E-state index contributed by atoms with van der Waals surface area (Å²) in [5.74, 6) is 1.53. The molecule has 0 fully saturated rings. The normalized spacial score (nSPS) is 10.9. The minimum Gasteiger partial charge on any atom is -0.485 e. The molecule has 0 aliphatic rings. The Balaban J connectivity index is 1.55. The third-order valence-electron chi connectivity index (χ3n) is 5.62. The van der Waals surface area contributed by atoms with Crippen LogP contribution in [0.5, 0.6) is 5.75 Å². The highest BCUT2D eigenvalue weighted by atomic mass is 35.5. The molecule has 1 amide bonds. The Bertz CT molecular complexity index is 1330. The third-order valence-corrected chi connectivity index (χ3v) is 6.96. The van der Waals surface area contributed by atoms with Crippen molar-refractivity contribution in [1.29, 1.82) is 0 Å². The van der Waals surface area contributed by atoms with Crippen LogP contribution in [0.4, 0.5) is 5.69 Å². The predicted octanol–water partition coefficient (Wildman–Crippen LogP) is 6.46. The van der Waals surface area contributed by atoms with Crippen molar-refractivity contribution in [3.05, 3.63) is 93.8 Å². The maximum Gasteiger partial charge on any atom is 0.234 e. The van der Waals surface area contributed by atoms with Crippen molar-refractivity contribution in [2.24, 2.45) is 0 Å². The second kappa shape index (κ2) is 11.0. The average Bonchev–Trinajstić information content (AvgIpc) is 3.23. The monoisotopic (exact) mass is 506 g/mol. The van der Waals surface area contributed by atoms with Crippen molar-refractivity contribution < 1.29 is 9.53 Å². The van der Waals surface area contributed by atoms with Gasteiger partial charge in [-0.25, -0.2) is 0 Å². The van der Waals surface area contributed by atoms with Crippen LogP contribution >= 0.6 is 23.4 Å². The van der Waals surface area contributed by atoms with E-state index in [0.717, 1.165) is 33.7 Å². The molecule has 0 aliphatic heterocycles. The topological polar surface area (TPSA) is 69.0 Å². The maximum atomic E-state index is 12.7. The lowest BCUT2D eigenvalue weighted by Crippen LogP contribution is -2.15. The van der Waals surface area contributed by atoms with Gasteiger partial charge in [0.2, 0.25) is 5.91 Å². The van der Waals surface area contributed by atoms with Crippen LogP contribution in [0.15, 0.2) is 65.8 Å². The number of para-hydroxylation sites is 1. The standard InChI is InChI=1S/C27H27ClN4O2S/c1-17-11-13-21(14-12-17)32-24(15-34-26-18(2)7-5-8-19(26)3)30-31-27(32)35-16-25(33)29-23-10-6-9-22(28)20(23)4/h5-14H,15-16H2,1-4H3,(H,29,33). The van der Waals surface area contributed by atoms with Gasteiger partial charge in [0.1, 0.15) is 12.4 Å². The van der Waals surface area contributed by atoms with E-state index in [1.807, 2.05) is 86.9 Å². The number of anilines is 1. The first-order chi connectivity index (χ1) is 16.8. The molecule has 3 aromatic carbocycles. The fourth-order valence-electron chi connectivity index (χ4n) is 3.66. The number of halogens is 1. The second-order valence-electron chi connectivity index (χ2n) is 8.33. The zero-order chi connectivity index (χ0) is 24.9. The van der Waals surface area contributed by atoms with Crippen molar-refractivity contribution in [2.45, 2.75) is 39.5 Å². The fourth-order valence-corrected chi connectivity index (χ4v) is 4.61. The number of carbonyl (C=O) groups is 1. The molecule has 0 spiro atoms. The minimum atomic E-state index is -0.146. The van der Waals surface area contributed by atoms with E-state index in [2.05, 4.69) is 15.5 Å². The molecule has 1 N–H and O–H groups in total. The highest BCUT2D eigenvalue weighted by Crippen LogP contribution is 2.27. The molecule has 0 saturated carbocycles. The molecule has 0 bridgehead atoms. The summed E-state index contributed by atoms with van der Waals surface area (Å²) in [6.45, 7) is 8.21. The molecule has 1 heterocycles. The van der Waals surface area contributed by atoms with Gasteiger partial charge >= 0.3 is 0 Å². The largest absolute Gasteiger partial charge is 0.485 e. The number of hydrogen-bond acceptors (Lipinski definition) is 5. The fraction of sp³-hybridized carbons (Fsp3) is 0.222. The molecule has 180 valence electrons. The highest BCUT2D eigenvalue weighted by Gasteiger charge is 2.18. The molecular formula is C27H27ClN4O2S. The molecular weight excluding hydrogens is 480 g/mol. The van der Waals surface area contributed by atoms with Crippen molar-refractivity contribution in [2.75, 3.05) is 11.1 Å². The van der Waals surface area contributed by atoms with E-state index >= 15 is 0 Å². The van der Waals surface area contributed by atoms with Gasteiger partial charge in [-0.3, -0.25) is 9.36 Å². The maximum absolute atomic E-state index is 12.7. The van der Waals surface area contributed by atoms with E-state index in [1.165, 1.54) is 11.8 Å². The average molecular weight is 507 g/mol. The number of nitrogens with one attached hydrogen (secondary N) is 1. The summed E-state index contributed by atoms with van der Waals surface area (Å²) in [6, 6.07) is 19.6. The highest BCUT2D eigenvalue weighted by molar-refractivity contribution is 7.99. The van der Waals surface area contributed by atoms with E-state index in [-0.39, 0.29) is 18.3 Å². The summed E-state index contributed by atoms with van der Waals surface area (Å²) in [4.78, 5) is 12.7.